The third-order valence-corrected chi connectivity index (χ3v) is 5.03. The minimum atomic E-state index is -0.183. The number of carbonyl (C=O) groups is 1. The van der Waals surface area contributed by atoms with Crippen LogP contribution in [0.1, 0.15) is 32.1 Å². The fourth-order valence-corrected chi connectivity index (χ4v) is 3.39. The van der Waals surface area contributed by atoms with Gasteiger partial charge in [-0.05, 0) is 43.9 Å². The van der Waals surface area contributed by atoms with Crippen molar-refractivity contribution in [3.63, 3.8) is 0 Å². The monoisotopic (exact) mass is 393 g/mol. The van der Waals surface area contributed by atoms with E-state index in [1.807, 2.05) is 0 Å². The van der Waals surface area contributed by atoms with E-state index < -0.39 is 0 Å². The number of anilines is 2. The minimum absolute atomic E-state index is 0.149. The molecule has 1 heterocycles. The summed E-state index contributed by atoms with van der Waals surface area (Å²) < 4.78 is 1.30. The zero-order chi connectivity index (χ0) is 18.4. The van der Waals surface area contributed by atoms with Crippen molar-refractivity contribution in [2.24, 2.45) is 5.10 Å². The Labute approximate surface area is 160 Å². The van der Waals surface area contributed by atoms with E-state index in [0.717, 1.165) is 18.6 Å². The van der Waals surface area contributed by atoms with Crippen LogP contribution >= 0.6 is 23.4 Å². The lowest BCUT2D eigenvalue weighted by Crippen LogP contribution is -2.17. The van der Waals surface area contributed by atoms with E-state index >= 15 is 0 Å². The number of nitrogens with two attached hydrogens (primary N) is 1. The van der Waals surface area contributed by atoms with Crippen LogP contribution in [0.2, 0.25) is 5.02 Å². The predicted octanol–water partition coefficient (Wildman–Crippen LogP) is 3.11. The first-order valence-corrected chi connectivity index (χ1v) is 9.68. The van der Waals surface area contributed by atoms with Crippen LogP contribution in [0.15, 0.2) is 34.5 Å². The maximum absolute atomic E-state index is 12.0. The molecule has 4 N–H and O–H groups in total. The average Bonchev–Trinajstić information content (AvgIpc) is 2.99. The highest BCUT2D eigenvalue weighted by Crippen LogP contribution is 2.19. The first-order chi connectivity index (χ1) is 12.6. The van der Waals surface area contributed by atoms with Gasteiger partial charge in [-0.3, -0.25) is 4.79 Å². The number of nitrogens with one attached hydrogen (secondary N) is 2. The van der Waals surface area contributed by atoms with Crippen LogP contribution in [0.3, 0.4) is 0 Å². The lowest BCUT2D eigenvalue weighted by Gasteiger charge is -2.12. The molecular formula is C16H20ClN7OS. The van der Waals surface area contributed by atoms with Crippen LogP contribution in [0.4, 0.5) is 11.6 Å². The summed E-state index contributed by atoms with van der Waals surface area (Å²) in [5.74, 6) is 6.28. The van der Waals surface area contributed by atoms with Gasteiger partial charge in [0, 0.05) is 16.4 Å². The molecule has 10 heteroatoms. The Hall–Kier alpha value is -2.26. The van der Waals surface area contributed by atoms with Crippen molar-refractivity contribution in [1.82, 2.24) is 14.9 Å². The van der Waals surface area contributed by atoms with Gasteiger partial charge >= 0.3 is 0 Å². The highest BCUT2D eigenvalue weighted by atomic mass is 35.5. The van der Waals surface area contributed by atoms with Gasteiger partial charge in [0.1, 0.15) is 0 Å². The summed E-state index contributed by atoms with van der Waals surface area (Å²) in [6.45, 7) is 0. The van der Waals surface area contributed by atoms with Gasteiger partial charge in [-0.2, -0.15) is 5.10 Å². The molecule has 0 saturated heterocycles. The van der Waals surface area contributed by atoms with E-state index in [4.69, 9.17) is 17.4 Å². The summed E-state index contributed by atoms with van der Waals surface area (Å²) in [4.78, 5) is 12.0. The van der Waals surface area contributed by atoms with Crippen LogP contribution in [-0.4, -0.2) is 32.2 Å². The number of amides is 1. The molecule has 0 atom stereocenters. The van der Waals surface area contributed by atoms with Crippen LogP contribution in [-0.2, 0) is 4.79 Å². The highest BCUT2D eigenvalue weighted by Gasteiger charge is 2.13. The smallest absolute Gasteiger partial charge is 0.264 e. The molecule has 138 valence electrons. The Morgan fingerprint density at radius 1 is 1.31 bits per heavy atom. The lowest BCUT2D eigenvalue weighted by molar-refractivity contribution is -0.113. The van der Waals surface area contributed by atoms with Crippen LogP contribution in [0.5, 0.6) is 0 Å². The van der Waals surface area contributed by atoms with Crippen molar-refractivity contribution in [2.75, 3.05) is 22.3 Å². The maximum atomic E-state index is 12.0. The van der Waals surface area contributed by atoms with E-state index in [1.54, 1.807) is 24.3 Å². The molecule has 0 aliphatic heterocycles. The Morgan fingerprint density at radius 2 is 2.12 bits per heavy atom. The summed E-state index contributed by atoms with van der Waals surface area (Å²) in [5, 5.41) is 16.1. The number of aromatic nitrogens is 3. The van der Waals surface area contributed by atoms with E-state index in [-0.39, 0.29) is 11.7 Å². The summed E-state index contributed by atoms with van der Waals surface area (Å²) in [6, 6.07) is 6.97. The fraction of sp³-hybridized carbons (Fsp3) is 0.375. The van der Waals surface area contributed by atoms with Crippen molar-refractivity contribution in [1.29, 1.82) is 0 Å². The molecule has 0 spiro atoms. The first kappa shape index (κ1) is 18.5. The molecule has 1 aromatic heterocycles. The van der Waals surface area contributed by atoms with Crippen molar-refractivity contribution in [3.8, 4) is 0 Å². The van der Waals surface area contributed by atoms with Crippen LogP contribution in [0.25, 0.3) is 0 Å². The summed E-state index contributed by atoms with van der Waals surface area (Å²) in [7, 11) is 0. The standard InChI is InChI=1S/C16H20ClN7OS/c17-11-5-4-8-13(9-11)19-14(25)10-26-16-23-22-15(24(16)18)21-20-12-6-2-1-3-7-12/h4-5,8-9H,1-3,6-7,10,18H2,(H,19,25)(H,21,22). The van der Waals surface area contributed by atoms with Crippen molar-refractivity contribution in [3.05, 3.63) is 29.3 Å². The van der Waals surface area contributed by atoms with Gasteiger partial charge in [-0.1, -0.05) is 35.9 Å². The van der Waals surface area contributed by atoms with Crippen LogP contribution in [0, 0.1) is 0 Å². The molecule has 1 aliphatic rings. The van der Waals surface area contributed by atoms with Gasteiger partial charge in [0.15, 0.2) is 0 Å². The zero-order valence-corrected chi connectivity index (χ0v) is 15.7. The SMILES string of the molecule is Nn1c(NN=C2CCCCC2)nnc1SCC(=O)Nc1cccc(Cl)c1. The Bertz CT molecular complexity index is 800. The summed E-state index contributed by atoms with van der Waals surface area (Å²) in [6.07, 6.45) is 5.58. The fourth-order valence-electron chi connectivity index (χ4n) is 2.55. The largest absolute Gasteiger partial charge is 0.334 e. The molecule has 1 fully saturated rings. The molecular weight excluding hydrogens is 374 g/mol. The number of nitrogens with zero attached hydrogens (tertiary/aromatic N) is 4. The van der Waals surface area contributed by atoms with Crippen molar-refractivity contribution >= 4 is 46.6 Å². The Kier molecular flexibility index (Phi) is 6.35. The number of hydrazone groups is 1. The zero-order valence-electron chi connectivity index (χ0n) is 14.1. The molecule has 3 rings (SSSR count). The number of carbonyl (C=O) groups excluding carboxylic acids is 1. The molecule has 1 saturated carbocycles. The number of hydrogen-bond donors (Lipinski definition) is 3. The normalized spacial score (nSPS) is 14.1. The molecule has 0 radical (unpaired) electrons. The molecule has 1 aromatic carbocycles. The molecule has 1 amide bonds. The van der Waals surface area contributed by atoms with Gasteiger partial charge < -0.3 is 11.2 Å². The van der Waals surface area contributed by atoms with Crippen molar-refractivity contribution in [2.45, 2.75) is 37.3 Å². The number of rotatable bonds is 6. The lowest BCUT2D eigenvalue weighted by atomic mass is 9.99. The maximum Gasteiger partial charge on any atom is 0.264 e. The van der Waals surface area contributed by atoms with E-state index in [0.29, 0.717) is 21.8 Å². The predicted molar refractivity (Wildman–Crippen MR) is 105 cm³/mol. The third kappa shape index (κ3) is 5.12. The quantitative estimate of drug-likeness (QED) is 0.395. The third-order valence-electron chi connectivity index (χ3n) is 3.85. The number of nitrogen functional groups attached to an aromatic ring is 1. The van der Waals surface area contributed by atoms with Gasteiger partial charge in [-0.15, -0.1) is 10.2 Å². The number of benzene rings is 1. The van der Waals surface area contributed by atoms with E-state index in [2.05, 4.69) is 26.0 Å². The summed E-state index contributed by atoms with van der Waals surface area (Å²) in [5.41, 5.74) is 4.62. The number of thioether (sulfide) groups is 1. The second-order valence-corrected chi connectivity index (χ2v) is 7.25. The first-order valence-electron chi connectivity index (χ1n) is 8.32. The van der Waals surface area contributed by atoms with Crippen molar-refractivity contribution < 1.29 is 4.79 Å². The topological polar surface area (TPSA) is 110 Å². The van der Waals surface area contributed by atoms with Gasteiger partial charge in [0.25, 0.3) is 5.95 Å². The second kappa shape index (κ2) is 8.91. The molecule has 0 unspecified atom stereocenters. The highest BCUT2D eigenvalue weighted by molar-refractivity contribution is 7.99. The van der Waals surface area contributed by atoms with E-state index in [1.165, 1.54) is 35.7 Å². The second-order valence-electron chi connectivity index (χ2n) is 5.87. The summed E-state index contributed by atoms with van der Waals surface area (Å²) >= 11 is 7.09. The van der Waals surface area contributed by atoms with Gasteiger partial charge in [-0.25, -0.2) is 10.1 Å². The molecule has 1 aliphatic carbocycles. The number of halogens is 1. The molecule has 8 nitrogen and oxygen atoms in total. The average molecular weight is 394 g/mol. The van der Waals surface area contributed by atoms with Crippen LogP contribution < -0.4 is 16.6 Å². The van der Waals surface area contributed by atoms with Gasteiger partial charge in [0.2, 0.25) is 11.1 Å². The van der Waals surface area contributed by atoms with Gasteiger partial charge in [0.05, 0.1) is 5.75 Å². The number of hydrogen-bond acceptors (Lipinski definition) is 7. The van der Waals surface area contributed by atoms with E-state index in [9.17, 15) is 4.79 Å². The Balaban J connectivity index is 1.52. The molecule has 26 heavy (non-hydrogen) atoms. The Morgan fingerprint density at radius 3 is 2.88 bits per heavy atom. The molecule has 0 bridgehead atoms. The molecule has 2 aromatic rings. The minimum Gasteiger partial charge on any atom is -0.334 e.